The summed E-state index contributed by atoms with van der Waals surface area (Å²) >= 11 is 0. The van der Waals surface area contributed by atoms with E-state index >= 15 is 0 Å². The summed E-state index contributed by atoms with van der Waals surface area (Å²) in [4.78, 5) is 11.6. The number of halogens is 4. The number of hydrogen-bond donors (Lipinski definition) is 1. The molecule has 1 aromatic heterocycles. The number of ether oxygens (including phenoxy) is 1. The van der Waals surface area contributed by atoms with Crippen LogP contribution < -0.4 is 0 Å². The molecule has 0 aliphatic heterocycles. The summed E-state index contributed by atoms with van der Waals surface area (Å²) < 4.78 is 54.9. The van der Waals surface area contributed by atoms with Crippen molar-refractivity contribution >= 4 is 5.97 Å². The number of aromatic nitrogens is 3. The second-order valence-electron chi connectivity index (χ2n) is 4.86. The van der Waals surface area contributed by atoms with Crippen molar-refractivity contribution in [1.29, 1.82) is 0 Å². The van der Waals surface area contributed by atoms with Crippen LogP contribution in [0.2, 0.25) is 0 Å². The normalized spacial score (nSPS) is 12.8. The summed E-state index contributed by atoms with van der Waals surface area (Å²) in [5.74, 6) is -5.28. The van der Waals surface area contributed by atoms with Crippen molar-refractivity contribution in [3.8, 4) is 0 Å². The van der Waals surface area contributed by atoms with E-state index in [9.17, 15) is 22.4 Å². The van der Waals surface area contributed by atoms with Gasteiger partial charge in [0.25, 0.3) is 0 Å². The molecule has 0 saturated carbocycles. The average molecular weight is 283 g/mol. The van der Waals surface area contributed by atoms with Gasteiger partial charge >= 0.3 is 18.3 Å². The third-order valence-electron chi connectivity index (χ3n) is 1.93. The minimum absolute atomic E-state index is 0.518. The highest BCUT2D eigenvalue weighted by atomic mass is 19.3. The molecule has 0 saturated heterocycles. The molecule has 0 aromatic carbocycles. The maximum atomic E-state index is 12.9. The number of rotatable bonds is 4. The molecule has 1 rings (SSSR count). The zero-order valence-electron chi connectivity index (χ0n) is 10.5. The predicted octanol–water partition coefficient (Wildman–Crippen LogP) is 2.20. The predicted molar refractivity (Wildman–Crippen MR) is 56.2 cm³/mol. The fourth-order valence-electron chi connectivity index (χ4n) is 1.17. The number of nitrogens with zero attached hydrogens (tertiary/aromatic N) is 2. The van der Waals surface area contributed by atoms with Crippen LogP contribution in [-0.2, 0) is 11.2 Å². The molecule has 0 bridgehead atoms. The Morgan fingerprint density at radius 1 is 1.32 bits per heavy atom. The molecular weight excluding hydrogens is 270 g/mol. The Balaban J connectivity index is 2.90. The van der Waals surface area contributed by atoms with Gasteiger partial charge in [0.1, 0.15) is 11.3 Å². The summed E-state index contributed by atoms with van der Waals surface area (Å²) in [6.07, 6.45) is -5.24. The van der Waals surface area contributed by atoms with Gasteiger partial charge in [-0.05, 0) is 20.8 Å². The minimum atomic E-state index is -4.28. The Morgan fingerprint density at radius 2 is 1.89 bits per heavy atom. The van der Waals surface area contributed by atoms with Crippen LogP contribution >= 0.6 is 0 Å². The second kappa shape index (κ2) is 5.14. The van der Waals surface area contributed by atoms with Crippen molar-refractivity contribution in [2.45, 2.75) is 45.1 Å². The third kappa shape index (κ3) is 4.18. The lowest BCUT2D eigenvalue weighted by Crippen LogP contribution is -2.31. The first kappa shape index (κ1) is 15.4. The van der Waals surface area contributed by atoms with Crippen LogP contribution in [0.1, 0.15) is 37.0 Å². The molecule has 0 aliphatic rings. The molecule has 0 aliphatic carbocycles. The quantitative estimate of drug-likeness (QED) is 0.679. The van der Waals surface area contributed by atoms with Crippen LogP contribution in [0.25, 0.3) is 0 Å². The van der Waals surface area contributed by atoms with Crippen molar-refractivity contribution in [3.05, 3.63) is 11.4 Å². The lowest BCUT2D eigenvalue weighted by Gasteiger charge is -2.19. The van der Waals surface area contributed by atoms with Crippen molar-refractivity contribution in [3.63, 3.8) is 0 Å². The Kier molecular flexibility index (Phi) is 4.16. The third-order valence-corrected chi connectivity index (χ3v) is 1.93. The Labute approximate surface area is 106 Å². The highest BCUT2D eigenvalue weighted by molar-refractivity contribution is 5.88. The van der Waals surface area contributed by atoms with E-state index in [1.165, 1.54) is 0 Å². The highest BCUT2D eigenvalue weighted by Crippen LogP contribution is 2.27. The van der Waals surface area contributed by atoms with Gasteiger partial charge in [-0.15, -0.1) is 5.10 Å². The molecule has 0 unspecified atom stereocenters. The van der Waals surface area contributed by atoms with E-state index in [-0.39, 0.29) is 0 Å². The van der Waals surface area contributed by atoms with Crippen molar-refractivity contribution in [1.82, 2.24) is 15.4 Å². The van der Waals surface area contributed by atoms with Crippen molar-refractivity contribution < 1.29 is 27.1 Å². The van der Waals surface area contributed by atoms with Gasteiger partial charge in [-0.3, -0.25) is 0 Å². The maximum Gasteiger partial charge on any atom is 0.361 e. The van der Waals surface area contributed by atoms with Gasteiger partial charge in [-0.1, -0.05) is 0 Å². The minimum Gasteiger partial charge on any atom is -0.455 e. The van der Waals surface area contributed by atoms with Gasteiger partial charge in [-0.25, -0.2) is 13.6 Å². The second-order valence-corrected chi connectivity index (χ2v) is 4.86. The molecule has 0 atom stereocenters. The van der Waals surface area contributed by atoms with E-state index in [0.29, 0.717) is 0 Å². The molecule has 0 fully saturated rings. The van der Waals surface area contributed by atoms with E-state index < -0.39 is 41.7 Å². The number of carbonyl (C=O) groups is 1. The van der Waals surface area contributed by atoms with Crippen molar-refractivity contribution in [2.75, 3.05) is 0 Å². The van der Waals surface area contributed by atoms with Gasteiger partial charge in [0, 0.05) is 0 Å². The number of H-pyrrole nitrogens is 1. The number of nitrogens with one attached hydrogen (secondary N) is 1. The topological polar surface area (TPSA) is 67.9 Å². The average Bonchev–Trinajstić information content (AvgIpc) is 2.61. The monoisotopic (exact) mass is 283 g/mol. The van der Waals surface area contributed by atoms with Crippen LogP contribution in [0.3, 0.4) is 0 Å². The first-order valence-corrected chi connectivity index (χ1v) is 5.32. The summed E-state index contributed by atoms with van der Waals surface area (Å²) in [6, 6.07) is 0. The standard InChI is InChI=1S/C10H13F4N3O2/c1-9(2,3)19-7(18)6-5(15-17-16-6)4-10(13,14)8(11)12/h8H,4H2,1-3H3,(H,15,16,17). The zero-order chi connectivity index (χ0) is 14.8. The molecule has 9 heteroatoms. The molecule has 1 heterocycles. The van der Waals surface area contributed by atoms with Gasteiger partial charge in [0.2, 0.25) is 0 Å². The summed E-state index contributed by atoms with van der Waals surface area (Å²) in [5, 5.41) is 8.59. The smallest absolute Gasteiger partial charge is 0.361 e. The Bertz CT molecular complexity index is 454. The van der Waals surface area contributed by atoms with E-state index in [0.717, 1.165) is 0 Å². The van der Waals surface area contributed by atoms with Gasteiger partial charge in [0.05, 0.1) is 6.42 Å². The summed E-state index contributed by atoms with van der Waals surface area (Å²) in [5.41, 5.74) is -1.94. The molecule has 0 radical (unpaired) electrons. The van der Waals surface area contributed by atoms with Crippen LogP contribution in [-0.4, -0.2) is 39.3 Å². The van der Waals surface area contributed by atoms with Crippen LogP contribution in [0.4, 0.5) is 17.6 Å². The van der Waals surface area contributed by atoms with E-state index in [4.69, 9.17) is 4.74 Å². The largest absolute Gasteiger partial charge is 0.455 e. The molecule has 19 heavy (non-hydrogen) atoms. The van der Waals surface area contributed by atoms with E-state index in [1.807, 2.05) is 5.21 Å². The first-order valence-electron chi connectivity index (χ1n) is 5.32. The number of aromatic amines is 1. The lowest BCUT2D eigenvalue weighted by molar-refractivity contribution is -0.127. The molecule has 108 valence electrons. The Morgan fingerprint density at radius 3 is 2.37 bits per heavy atom. The van der Waals surface area contributed by atoms with Gasteiger partial charge in [0.15, 0.2) is 5.69 Å². The fraction of sp³-hybridized carbons (Fsp3) is 0.700. The fourth-order valence-corrected chi connectivity index (χ4v) is 1.17. The van der Waals surface area contributed by atoms with Crippen LogP contribution in [0, 0.1) is 0 Å². The molecule has 0 amide bonds. The van der Waals surface area contributed by atoms with Crippen molar-refractivity contribution in [2.24, 2.45) is 0 Å². The van der Waals surface area contributed by atoms with Crippen LogP contribution in [0.5, 0.6) is 0 Å². The van der Waals surface area contributed by atoms with Crippen LogP contribution in [0.15, 0.2) is 0 Å². The highest BCUT2D eigenvalue weighted by Gasteiger charge is 2.43. The number of alkyl halides is 4. The number of carbonyl (C=O) groups excluding carboxylic acids is 1. The zero-order valence-corrected chi connectivity index (χ0v) is 10.5. The number of esters is 1. The molecule has 0 spiro atoms. The Hall–Kier alpha value is -1.67. The van der Waals surface area contributed by atoms with E-state index in [1.54, 1.807) is 20.8 Å². The first-order chi connectivity index (χ1) is 8.53. The molecule has 5 nitrogen and oxygen atoms in total. The molecular formula is C10H13F4N3O2. The lowest BCUT2D eigenvalue weighted by atomic mass is 10.1. The molecule has 1 N–H and O–H groups in total. The summed E-state index contributed by atoms with van der Waals surface area (Å²) in [7, 11) is 0. The summed E-state index contributed by atoms with van der Waals surface area (Å²) in [6.45, 7) is 4.70. The number of hydrogen-bond acceptors (Lipinski definition) is 4. The van der Waals surface area contributed by atoms with Gasteiger partial charge < -0.3 is 4.74 Å². The van der Waals surface area contributed by atoms with E-state index in [2.05, 4.69) is 10.2 Å². The van der Waals surface area contributed by atoms with Gasteiger partial charge in [-0.2, -0.15) is 19.1 Å². The molecule has 1 aromatic rings. The SMILES string of the molecule is CC(C)(C)OC(=O)c1n[nH]nc1CC(F)(F)C(F)F. The maximum absolute atomic E-state index is 12.9.